The average molecular weight is 259 g/mol. The van der Waals surface area contributed by atoms with Gasteiger partial charge in [0.05, 0.1) is 6.42 Å². The number of carboxylic acids is 1. The van der Waals surface area contributed by atoms with Gasteiger partial charge < -0.3 is 5.11 Å². The van der Waals surface area contributed by atoms with Gasteiger partial charge in [-0.1, -0.05) is 30.7 Å². The lowest BCUT2D eigenvalue weighted by Crippen LogP contribution is -2.08. The molecule has 0 aliphatic heterocycles. The van der Waals surface area contributed by atoms with Crippen molar-refractivity contribution in [1.82, 2.24) is 0 Å². The van der Waals surface area contributed by atoms with E-state index in [0.29, 0.717) is 0 Å². The van der Waals surface area contributed by atoms with E-state index in [1.165, 1.54) is 5.56 Å². The first-order valence-corrected chi connectivity index (χ1v) is 6.62. The lowest BCUT2D eigenvalue weighted by atomic mass is 10.2. The molecule has 0 aromatic heterocycles. The van der Waals surface area contributed by atoms with Crippen molar-refractivity contribution in [2.45, 2.75) is 30.8 Å². The first kappa shape index (κ1) is 13.4. The molecule has 0 aliphatic rings. The maximum Gasteiger partial charge on any atom is 0.304 e. The summed E-state index contributed by atoms with van der Waals surface area (Å²) in [6, 6.07) is 7.66. The van der Waals surface area contributed by atoms with E-state index < -0.39 is 5.97 Å². The van der Waals surface area contributed by atoms with Crippen LogP contribution in [0.25, 0.3) is 0 Å². The maximum absolute atomic E-state index is 10.6. The van der Waals surface area contributed by atoms with Crippen LogP contribution in [-0.2, 0) is 10.5 Å². The van der Waals surface area contributed by atoms with Gasteiger partial charge in [0.2, 0.25) is 0 Å². The summed E-state index contributed by atoms with van der Waals surface area (Å²) in [4.78, 5) is 10.6. The summed E-state index contributed by atoms with van der Waals surface area (Å²) in [6.07, 6.45) is 1.11. The Bertz CT molecular complexity index is 337. The second-order valence-corrected chi connectivity index (χ2v) is 5.29. The molecule has 2 nitrogen and oxygen atoms in total. The number of benzene rings is 1. The van der Waals surface area contributed by atoms with Crippen molar-refractivity contribution in [3.05, 3.63) is 34.9 Å². The highest BCUT2D eigenvalue weighted by Crippen LogP contribution is 2.23. The number of rotatable bonds is 6. The van der Waals surface area contributed by atoms with Crippen LogP contribution in [0.3, 0.4) is 0 Å². The van der Waals surface area contributed by atoms with Gasteiger partial charge in [-0.25, -0.2) is 0 Å². The van der Waals surface area contributed by atoms with E-state index in [1.807, 2.05) is 31.2 Å². The van der Waals surface area contributed by atoms with Crippen molar-refractivity contribution < 1.29 is 9.90 Å². The Hall–Kier alpha value is -0.670. The molecule has 0 fully saturated rings. The Kier molecular flexibility index (Phi) is 5.71. The number of aliphatic carboxylic acids is 1. The number of thioether (sulfide) groups is 1. The third-order valence-corrected chi connectivity index (χ3v) is 3.98. The zero-order chi connectivity index (χ0) is 12.0. The van der Waals surface area contributed by atoms with Gasteiger partial charge in [-0.05, 0) is 24.1 Å². The molecular formula is C12H15ClO2S. The highest BCUT2D eigenvalue weighted by molar-refractivity contribution is 7.99. The topological polar surface area (TPSA) is 37.3 Å². The monoisotopic (exact) mass is 258 g/mol. The van der Waals surface area contributed by atoms with Crippen LogP contribution in [0.1, 0.15) is 25.3 Å². The van der Waals surface area contributed by atoms with Crippen LogP contribution in [0.15, 0.2) is 24.3 Å². The summed E-state index contributed by atoms with van der Waals surface area (Å²) in [5, 5.41) is 9.63. The van der Waals surface area contributed by atoms with Gasteiger partial charge in [-0.2, -0.15) is 11.8 Å². The molecule has 1 atom stereocenters. The van der Waals surface area contributed by atoms with Gasteiger partial charge in [-0.15, -0.1) is 0 Å². The molecule has 1 aromatic rings. The van der Waals surface area contributed by atoms with Gasteiger partial charge in [0.25, 0.3) is 0 Å². The number of carboxylic acid groups (broad SMARTS) is 1. The molecule has 0 saturated heterocycles. The lowest BCUT2D eigenvalue weighted by Gasteiger charge is -2.11. The van der Waals surface area contributed by atoms with Crippen LogP contribution >= 0.6 is 23.4 Å². The molecule has 1 unspecified atom stereocenters. The van der Waals surface area contributed by atoms with E-state index in [2.05, 4.69) is 0 Å². The smallest absolute Gasteiger partial charge is 0.304 e. The minimum absolute atomic E-state index is 0.188. The number of hydrogen-bond acceptors (Lipinski definition) is 2. The minimum Gasteiger partial charge on any atom is -0.481 e. The zero-order valence-electron chi connectivity index (χ0n) is 9.15. The van der Waals surface area contributed by atoms with Crippen molar-refractivity contribution in [1.29, 1.82) is 0 Å². The lowest BCUT2D eigenvalue weighted by molar-refractivity contribution is -0.136. The van der Waals surface area contributed by atoms with Crippen LogP contribution in [0.5, 0.6) is 0 Å². The molecule has 16 heavy (non-hydrogen) atoms. The first-order valence-electron chi connectivity index (χ1n) is 5.19. The first-order chi connectivity index (χ1) is 7.61. The summed E-state index contributed by atoms with van der Waals surface area (Å²) in [6.45, 7) is 2.02. The van der Waals surface area contributed by atoms with Crippen LogP contribution < -0.4 is 0 Å². The second kappa shape index (κ2) is 6.81. The number of hydrogen-bond donors (Lipinski definition) is 1. The molecule has 0 radical (unpaired) electrons. The molecule has 0 amide bonds. The predicted octanol–water partition coefficient (Wildman–Crippen LogP) is 3.83. The molecule has 1 rings (SSSR count). The SMILES string of the molecule is CCC(CC(=O)O)SCc1ccc(Cl)cc1. The van der Waals surface area contributed by atoms with Crippen molar-refractivity contribution in [3.63, 3.8) is 0 Å². The Morgan fingerprint density at radius 1 is 1.44 bits per heavy atom. The maximum atomic E-state index is 10.6. The fraction of sp³-hybridized carbons (Fsp3) is 0.417. The van der Waals surface area contributed by atoms with Crippen LogP contribution in [0, 0.1) is 0 Å². The Morgan fingerprint density at radius 3 is 2.56 bits per heavy atom. The second-order valence-electron chi connectivity index (χ2n) is 3.57. The molecular weight excluding hydrogens is 244 g/mol. The number of halogens is 1. The van der Waals surface area contributed by atoms with Crippen molar-refractivity contribution in [2.75, 3.05) is 0 Å². The van der Waals surface area contributed by atoms with E-state index in [4.69, 9.17) is 16.7 Å². The summed E-state index contributed by atoms with van der Waals surface area (Å²) < 4.78 is 0. The van der Waals surface area contributed by atoms with Gasteiger partial charge in [-0.3, -0.25) is 4.79 Å². The van der Waals surface area contributed by atoms with Gasteiger partial charge in [0.15, 0.2) is 0 Å². The van der Waals surface area contributed by atoms with Crippen molar-refractivity contribution in [3.8, 4) is 0 Å². The van der Waals surface area contributed by atoms with E-state index in [9.17, 15) is 4.79 Å². The van der Waals surface area contributed by atoms with E-state index in [-0.39, 0.29) is 11.7 Å². The molecule has 0 bridgehead atoms. The molecule has 0 spiro atoms. The Morgan fingerprint density at radius 2 is 2.06 bits per heavy atom. The van der Waals surface area contributed by atoms with E-state index in [1.54, 1.807) is 11.8 Å². The summed E-state index contributed by atoms with van der Waals surface area (Å²) in [7, 11) is 0. The van der Waals surface area contributed by atoms with E-state index >= 15 is 0 Å². The highest BCUT2D eigenvalue weighted by Gasteiger charge is 2.11. The molecule has 1 aromatic carbocycles. The third kappa shape index (κ3) is 4.90. The minimum atomic E-state index is -0.726. The predicted molar refractivity (Wildman–Crippen MR) is 69.1 cm³/mol. The van der Waals surface area contributed by atoms with Gasteiger partial charge in [0, 0.05) is 16.0 Å². The molecule has 1 N–H and O–H groups in total. The molecule has 0 heterocycles. The van der Waals surface area contributed by atoms with Crippen LogP contribution in [-0.4, -0.2) is 16.3 Å². The largest absolute Gasteiger partial charge is 0.481 e. The normalized spacial score (nSPS) is 12.4. The Labute approximate surface area is 105 Å². The van der Waals surface area contributed by atoms with Crippen molar-refractivity contribution in [2.24, 2.45) is 0 Å². The summed E-state index contributed by atoms with van der Waals surface area (Å²) in [5.41, 5.74) is 1.18. The van der Waals surface area contributed by atoms with Gasteiger partial charge in [0.1, 0.15) is 0 Å². The third-order valence-electron chi connectivity index (χ3n) is 2.26. The highest BCUT2D eigenvalue weighted by atomic mass is 35.5. The zero-order valence-corrected chi connectivity index (χ0v) is 10.7. The standard InChI is InChI=1S/C12H15ClO2S/c1-2-11(7-12(14)15)16-8-9-3-5-10(13)6-4-9/h3-6,11H,2,7-8H2,1H3,(H,14,15). The molecule has 88 valence electrons. The van der Waals surface area contributed by atoms with Gasteiger partial charge >= 0.3 is 5.97 Å². The summed E-state index contributed by atoms with van der Waals surface area (Å²) >= 11 is 7.47. The van der Waals surface area contributed by atoms with E-state index in [0.717, 1.165) is 17.2 Å². The quantitative estimate of drug-likeness (QED) is 0.843. The molecule has 4 heteroatoms. The fourth-order valence-corrected chi connectivity index (χ4v) is 2.55. The van der Waals surface area contributed by atoms with Crippen LogP contribution in [0.4, 0.5) is 0 Å². The Balaban J connectivity index is 2.43. The number of carbonyl (C=O) groups is 1. The molecule has 0 saturated carbocycles. The average Bonchev–Trinajstić information content (AvgIpc) is 2.26. The van der Waals surface area contributed by atoms with Crippen LogP contribution in [0.2, 0.25) is 5.02 Å². The fourth-order valence-electron chi connectivity index (χ4n) is 1.31. The van der Waals surface area contributed by atoms with Crippen molar-refractivity contribution >= 4 is 29.3 Å². The molecule has 0 aliphatic carbocycles. The summed E-state index contributed by atoms with van der Waals surface area (Å²) in [5.74, 6) is 0.110.